The normalized spacial score (nSPS) is 17.7. The maximum atomic E-state index is 14.0. The third-order valence-corrected chi connectivity index (χ3v) is 24.6. The van der Waals surface area contributed by atoms with Crippen LogP contribution in [-0.2, 0) is 42.6 Å². The second kappa shape index (κ2) is 41.6. The molecule has 714 valence electrons. The number of hydrogen-bond acceptors (Lipinski definition) is 18. The number of aliphatic hydroxyl groups excluding tert-OH is 6. The van der Waals surface area contributed by atoms with Gasteiger partial charge in [-0.1, -0.05) is 24.3 Å². The van der Waals surface area contributed by atoms with Gasteiger partial charge in [0, 0.05) is 179 Å². The highest BCUT2D eigenvalue weighted by atomic mass is 16.4. The summed E-state index contributed by atoms with van der Waals surface area (Å²) in [6, 6.07) is 33.8. The topological polar surface area (TPSA) is 445 Å². The Kier molecular flexibility index (Phi) is 27.6. The van der Waals surface area contributed by atoms with Crippen LogP contribution in [0.25, 0.3) is 39.0 Å². The van der Waals surface area contributed by atoms with E-state index in [1.807, 2.05) is 278 Å². The number of aromatic nitrogens is 6. The van der Waals surface area contributed by atoms with Gasteiger partial charge in [-0.25, -0.2) is 83.0 Å². The molecule has 18 rings (SSSR count). The minimum atomic E-state index is -1.48. The lowest BCUT2D eigenvalue weighted by Crippen LogP contribution is -2.31. The number of rotatable bonds is 27. The average Bonchev–Trinajstić information content (AvgIpc) is 1.59. The molecule has 0 aliphatic carbocycles. The zero-order valence-corrected chi connectivity index (χ0v) is 79.5. The molecule has 16 bridgehead atoms. The number of aliphatic imine (C=N–C) groups is 12. The SMILES string of the molecule is C[C@H](N)C(O)=N[C@@H](CCC(=O)Nc1ccc(C2=C3C=CC(=N3)C(=C3C=CN(C)C=C3)c3ccc([nH]3)C(c3cc[n+](C)cc3)=C3C=CC(=N3)C(c3cc[n+](C)cc3)=C3C=CC2=N3)cc1)C(O)=NCC(O)=NCC(O)=NCC(O)=N[C@@H](CCC(=O)Nc1ccc(C2=C3C=CC(=N3)C(c3cc[n+](C)cc3)=C3C=CC(=N3)C(=C3C=CN(C)C=C3)C3=NC(=C(c4cc[n+](C)cc4)c4ccc2[nH]4)C=C3)cc1)C(O)=N[C@@H](C)C(=O)O. The highest BCUT2D eigenvalue weighted by Crippen LogP contribution is 2.43. The number of hydrogen-bond donors (Lipinski definition) is 12. The molecule has 0 saturated carbocycles. The molecule has 0 fully saturated rings. The predicted molar refractivity (Wildman–Crippen MR) is 558 cm³/mol. The van der Waals surface area contributed by atoms with Crippen LogP contribution in [0.1, 0.15) is 95.7 Å². The lowest BCUT2D eigenvalue weighted by atomic mass is 9.97. The summed E-state index contributed by atoms with van der Waals surface area (Å²) in [4.78, 5) is 108. The third-order valence-electron chi connectivity index (χ3n) is 24.6. The summed E-state index contributed by atoms with van der Waals surface area (Å²) >= 11 is 0. The number of aliphatic carboxylic acids is 1. The molecule has 10 aliphatic rings. The van der Waals surface area contributed by atoms with Crippen molar-refractivity contribution in [3.05, 3.63) is 400 Å². The Morgan fingerprint density at radius 3 is 0.993 bits per heavy atom. The van der Waals surface area contributed by atoms with Crippen LogP contribution in [0, 0.1) is 0 Å². The average molecular weight is 1910 g/mol. The number of fused-ring (bicyclic) bond motifs is 10. The van der Waals surface area contributed by atoms with E-state index < -0.39 is 97.0 Å². The molecule has 0 radical (unpaired) electrons. The Hall–Kier alpha value is -18.3. The molecular weight excluding hydrogens is 1800 g/mol. The molecule has 143 heavy (non-hydrogen) atoms. The van der Waals surface area contributed by atoms with Crippen LogP contribution in [0.15, 0.2) is 404 Å². The molecule has 13 N–H and O–H groups in total. The maximum absolute atomic E-state index is 14.0. The highest BCUT2D eigenvalue weighted by Gasteiger charge is 2.33. The fourth-order valence-electron chi connectivity index (χ4n) is 17.1. The minimum Gasteiger partial charge on any atom is -0.495 e. The molecule has 33 heteroatoms. The van der Waals surface area contributed by atoms with Crippen molar-refractivity contribution in [2.45, 2.75) is 63.7 Å². The van der Waals surface area contributed by atoms with Gasteiger partial charge in [0.15, 0.2) is 55.5 Å². The number of nitrogens with two attached hydrogens (primary N) is 1. The summed E-state index contributed by atoms with van der Waals surface area (Å²) < 4.78 is 7.90. The van der Waals surface area contributed by atoms with Gasteiger partial charge in [0.1, 0.15) is 66.0 Å². The largest absolute Gasteiger partial charge is 0.495 e. The first-order valence-electron chi connectivity index (χ1n) is 46.3. The summed E-state index contributed by atoms with van der Waals surface area (Å²) in [6.07, 6.45) is 55.2. The summed E-state index contributed by atoms with van der Waals surface area (Å²) in [7, 11) is 11.8. The number of aromatic amines is 2. The number of aryl methyl sites for hydroxylation is 4. The first kappa shape index (κ1) is 95.1. The third kappa shape index (κ3) is 21.7. The number of carbonyl (C=O) groups excluding carboxylic acids is 2. The van der Waals surface area contributed by atoms with Crippen molar-refractivity contribution >= 4 is 138 Å². The lowest BCUT2D eigenvalue weighted by molar-refractivity contribution is -0.671. The quantitative estimate of drug-likeness (QED) is 0.0130. The molecule has 0 saturated heterocycles. The number of anilines is 2. The number of nitrogens with one attached hydrogen (secondary N) is 4. The Balaban J connectivity index is 0.540. The summed E-state index contributed by atoms with van der Waals surface area (Å²) in [5.74, 6) is -6.68. The molecule has 2 aromatic carbocycles. The van der Waals surface area contributed by atoms with Crippen molar-refractivity contribution in [1.82, 2.24) is 19.8 Å². The lowest BCUT2D eigenvalue weighted by Gasteiger charge is -2.16. The Morgan fingerprint density at radius 2 is 0.636 bits per heavy atom. The Morgan fingerprint density at radius 1 is 0.343 bits per heavy atom. The number of carbonyl (C=O) groups is 3. The molecule has 10 aliphatic heterocycles. The smallest absolute Gasteiger partial charge is 0.328 e. The Labute approximate surface area is 823 Å². The number of carboxylic acid groups (broad SMARTS) is 1. The van der Waals surface area contributed by atoms with Crippen LogP contribution in [0.5, 0.6) is 0 Å². The number of amides is 2. The number of pyridine rings is 4. The van der Waals surface area contributed by atoms with Crippen molar-refractivity contribution in [3.8, 4) is 0 Å². The van der Waals surface area contributed by atoms with Gasteiger partial charge in [0.25, 0.3) is 0 Å². The van der Waals surface area contributed by atoms with Crippen LogP contribution < -0.4 is 34.6 Å². The van der Waals surface area contributed by atoms with E-state index in [2.05, 4.69) is 111 Å². The van der Waals surface area contributed by atoms with E-state index in [1.165, 1.54) is 13.8 Å². The van der Waals surface area contributed by atoms with Gasteiger partial charge in [-0.2, -0.15) is 0 Å². The van der Waals surface area contributed by atoms with Gasteiger partial charge in [-0.15, -0.1) is 0 Å². The number of allylic oxidation sites excluding steroid dienone is 23. The number of carboxylic acids is 1. The molecular formula is C110H103N23O10+4. The van der Waals surface area contributed by atoms with E-state index in [4.69, 9.17) is 35.7 Å². The van der Waals surface area contributed by atoms with Gasteiger partial charge in [0.05, 0.1) is 74.5 Å². The molecule has 2 amide bonds. The van der Waals surface area contributed by atoms with Gasteiger partial charge in [0.2, 0.25) is 41.3 Å². The van der Waals surface area contributed by atoms with Crippen LogP contribution in [0.4, 0.5) is 11.4 Å². The Bertz CT molecular complexity index is 7580. The number of nitrogens with zero attached hydrogens (tertiary/aromatic N) is 18. The summed E-state index contributed by atoms with van der Waals surface area (Å²) in [6.45, 7) is 0.604. The molecule has 8 aromatic rings. The first-order valence-corrected chi connectivity index (χ1v) is 46.3. The predicted octanol–water partition coefficient (Wildman–Crippen LogP) is 13.7. The maximum Gasteiger partial charge on any atom is 0.328 e. The summed E-state index contributed by atoms with van der Waals surface area (Å²) in [5, 5.41) is 81.9. The second-order valence-electron chi connectivity index (χ2n) is 35.2. The van der Waals surface area contributed by atoms with E-state index in [1.54, 1.807) is 24.3 Å². The molecule has 0 spiro atoms. The minimum absolute atomic E-state index is 0.204. The fraction of sp³-hybridized carbons (Fsp3) is 0.173. The van der Waals surface area contributed by atoms with Gasteiger partial charge in [-0.05, 0) is 217 Å². The van der Waals surface area contributed by atoms with Gasteiger partial charge < -0.3 is 71.9 Å². The van der Waals surface area contributed by atoms with E-state index in [0.29, 0.717) is 56.9 Å². The molecule has 33 nitrogen and oxygen atoms in total. The van der Waals surface area contributed by atoms with Crippen molar-refractivity contribution in [3.63, 3.8) is 0 Å². The molecule has 6 aromatic heterocycles. The van der Waals surface area contributed by atoms with Crippen molar-refractivity contribution < 1.29 is 68.4 Å². The number of aliphatic hydroxyl groups is 6. The number of benzene rings is 2. The van der Waals surface area contributed by atoms with Crippen molar-refractivity contribution in [2.24, 2.45) is 93.8 Å². The fourth-order valence-corrected chi connectivity index (χ4v) is 17.1. The number of H-pyrrole nitrogens is 2. The van der Waals surface area contributed by atoms with Crippen molar-refractivity contribution in [1.29, 1.82) is 0 Å². The van der Waals surface area contributed by atoms with Crippen LogP contribution in [0.3, 0.4) is 0 Å². The van der Waals surface area contributed by atoms with Gasteiger partial charge in [-0.3, -0.25) is 9.59 Å². The highest BCUT2D eigenvalue weighted by molar-refractivity contribution is 6.39. The van der Waals surface area contributed by atoms with Crippen LogP contribution in [0.2, 0.25) is 0 Å². The van der Waals surface area contributed by atoms with E-state index in [0.717, 1.165) is 135 Å². The zero-order valence-electron chi connectivity index (χ0n) is 79.5. The van der Waals surface area contributed by atoms with Crippen LogP contribution >= 0.6 is 0 Å². The van der Waals surface area contributed by atoms with E-state index in [-0.39, 0.29) is 25.7 Å². The van der Waals surface area contributed by atoms with E-state index >= 15 is 0 Å². The first-order chi connectivity index (χ1) is 69.1. The molecule has 0 unspecified atom stereocenters. The molecule has 16 heterocycles. The van der Waals surface area contributed by atoms with E-state index in [9.17, 15) is 50.1 Å². The van der Waals surface area contributed by atoms with Gasteiger partial charge >= 0.3 is 5.97 Å². The zero-order chi connectivity index (χ0) is 99.8. The van der Waals surface area contributed by atoms with Crippen LogP contribution in [-0.4, -0.2) is 201 Å². The monoisotopic (exact) mass is 1910 g/mol. The summed E-state index contributed by atoms with van der Waals surface area (Å²) in [5.41, 5.74) is 32.0. The van der Waals surface area contributed by atoms with Crippen molar-refractivity contribution in [2.75, 3.05) is 44.4 Å². The second-order valence-corrected chi connectivity index (χ2v) is 35.2. The standard InChI is InChI=1S/C110H99N23O10/c1-64(111)107(139)127-92(33-35-94(134)116-74-13-9-66(10-14-74)99-76-17-21-80(118-76)101(68-37-49-128(3)50-38-68)84-25-29-88(122-84)105(72-45-57-132(7)58-46-72)89-30-26-85(123-89)102(81-22-18-77(99)119-81)69-39-51-129(4)52-40-69)108(140)114-62-97(137)112-61-96(136)113-63-98(138)126-93(109(141)115-65(2)110(142)143)34-36-95(135)117-75-15-11-67(12-16-75)100-78-19-23-82(120-78)103(70-41-53-130(5)54-42-70)86-27-31-90(124-86)106(73-47-59-133(8)60-48-73)91-32-28-87(125-91)104(83-24-20-79(100)121-83)71-43-55-131(6)56-44-71/h9-32,37-60,64-65,92-93H,33-36,61-63,111H2,1-8H3,(H7-4,112,113,114,115,116,117,118,119,120,121,122,123,124,125,126,127,134,135,136,137,138,139,140,141,142,143)/p+4/t64-,65-,92-,93-/m0/s1. The molecule has 4 atom stereocenters.